The van der Waals surface area contributed by atoms with Crippen molar-refractivity contribution < 1.29 is 14.3 Å². The van der Waals surface area contributed by atoms with Crippen LogP contribution in [0.2, 0.25) is 0 Å². The Hall–Kier alpha value is -3.13. The van der Waals surface area contributed by atoms with Gasteiger partial charge in [0.1, 0.15) is 17.5 Å². The van der Waals surface area contributed by atoms with E-state index in [9.17, 15) is 4.79 Å². The molecule has 2 N–H and O–H groups in total. The molecule has 0 radical (unpaired) electrons. The molecule has 0 fully saturated rings. The number of hydrogen-bond acceptors (Lipinski definition) is 7. The summed E-state index contributed by atoms with van der Waals surface area (Å²) >= 11 is 1.51. The van der Waals surface area contributed by atoms with Gasteiger partial charge in [-0.15, -0.1) is 0 Å². The summed E-state index contributed by atoms with van der Waals surface area (Å²) in [5, 5.41) is 8.02. The van der Waals surface area contributed by atoms with Gasteiger partial charge in [-0.3, -0.25) is 4.79 Å². The fourth-order valence-electron chi connectivity index (χ4n) is 2.58. The Morgan fingerprint density at radius 2 is 1.96 bits per heavy atom. The van der Waals surface area contributed by atoms with Crippen LogP contribution in [0.5, 0.6) is 11.5 Å². The van der Waals surface area contributed by atoms with Crippen molar-refractivity contribution in [1.29, 1.82) is 0 Å². The van der Waals surface area contributed by atoms with Gasteiger partial charge in [0.05, 0.1) is 30.1 Å². The number of anilines is 1. The number of hydrazone groups is 1. The molecule has 0 saturated heterocycles. The first kappa shape index (κ1) is 19.6. The van der Waals surface area contributed by atoms with E-state index < -0.39 is 6.04 Å². The van der Waals surface area contributed by atoms with Crippen LogP contribution >= 0.6 is 11.3 Å². The van der Waals surface area contributed by atoms with Crippen LogP contribution in [-0.2, 0) is 4.79 Å². The summed E-state index contributed by atoms with van der Waals surface area (Å²) in [7, 11) is 3.17. The Bertz CT molecular complexity index is 983. The van der Waals surface area contributed by atoms with Gasteiger partial charge in [-0.05, 0) is 38.1 Å². The van der Waals surface area contributed by atoms with Crippen LogP contribution in [0.25, 0.3) is 10.2 Å². The number of carbonyl (C=O) groups excluding carboxylic acids is 1. The third kappa shape index (κ3) is 4.40. The molecule has 3 rings (SSSR count). The fraction of sp³-hybridized carbons (Fsp3) is 0.250. The molecule has 7 nitrogen and oxygen atoms in total. The molecule has 0 aliphatic rings. The van der Waals surface area contributed by atoms with Crippen molar-refractivity contribution in [3.63, 3.8) is 0 Å². The summed E-state index contributed by atoms with van der Waals surface area (Å²) in [5.74, 6) is 1.05. The molecular weight excluding hydrogens is 376 g/mol. The third-order valence-electron chi connectivity index (χ3n) is 4.16. The quantitative estimate of drug-likeness (QED) is 0.469. The maximum Gasteiger partial charge on any atom is 0.262 e. The lowest BCUT2D eigenvalue weighted by Gasteiger charge is -2.12. The highest BCUT2D eigenvalue weighted by atomic mass is 32.1. The first-order valence-corrected chi connectivity index (χ1v) is 9.52. The molecular formula is C20H22N4O3S. The van der Waals surface area contributed by atoms with Crippen molar-refractivity contribution in [2.24, 2.45) is 5.10 Å². The van der Waals surface area contributed by atoms with Crippen molar-refractivity contribution in [3.05, 3.63) is 48.0 Å². The summed E-state index contributed by atoms with van der Waals surface area (Å²) in [6.45, 7) is 3.57. The van der Waals surface area contributed by atoms with Gasteiger partial charge in [-0.1, -0.05) is 23.5 Å². The molecule has 1 heterocycles. The summed E-state index contributed by atoms with van der Waals surface area (Å²) < 4.78 is 11.6. The van der Waals surface area contributed by atoms with Crippen LogP contribution in [0.15, 0.2) is 47.6 Å². The largest absolute Gasteiger partial charge is 0.497 e. The fourth-order valence-corrected chi connectivity index (χ4v) is 3.53. The zero-order valence-corrected chi connectivity index (χ0v) is 17.0. The number of nitrogens with zero attached hydrogens (tertiary/aromatic N) is 2. The number of rotatable bonds is 7. The van der Waals surface area contributed by atoms with Crippen LogP contribution in [0, 0.1) is 0 Å². The highest BCUT2D eigenvalue weighted by Crippen LogP contribution is 2.26. The molecule has 0 aliphatic carbocycles. The van der Waals surface area contributed by atoms with Crippen LogP contribution in [-0.4, -0.2) is 36.9 Å². The Kier molecular flexibility index (Phi) is 6.10. The zero-order valence-electron chi connectivity index (χ0n) is 16.1. The van der Waals surface area contributed by atoms with Gasteiger partial charge in [0, 0.05) is 11.6 Å². The van der Waals surface area contributed by atoms with E-state index in [2.05, 4.69) is 20.8 Å². The van der Waals surface area contributed by atoms with Crippen molar-refractivity contribution >= 4 is 38.3 Å². The number of thiazole rings is 1. The second kappa shape index (κ2) is 8.71. The van der Waals surface area contributed by atoms with Gasteiger partial charge < -0.3 is 14.8 Å². The molecule has 0 bridgehead atoms. The number of methoxy groups -OCH3 is 2. The van der Waals surface area contributed by atoms with Gasteiger partial charge in [0.25, 0.3) is 5.91 Å². The van der Waals surface area contributed by atoms with Crippen molar-refractivity contribution in [1.82, 2.24) is 10.4 Å². The average molecular weight is 398 g/mol. The SMILES string of the molecule is COc1ccc(/C(C)=N\NC(=O)[C@@H](C)Nc2nc3ccccc3s2)c(OC)c1. The minimum atomic E-state index is -0.491. The zero-order chi connectivity index (χ0) is 20.1. The maximum absolute atomic E-state index is 12.4. The second-order valence-corrected chi connectivity index (χ2v) is 7.12. The highest BCUT2D eigenvalue weighted by Gasteiger charge is 2.15. The first-order chi connectivity index (χ1) is 13.5. The van der Waals surface area contributed by atoms with Gasteiger partial charge in [0.15, 0.2) is 5.13 Å². The average Bonchev–Trinajstić information content (AvgIpc) is 3.13. The Labute approximate surface area is 167 Å². The summed E-state index contributed by atoms with van der Waals surface area (Å²) in [6, 6.07) is 12.8. The lowest BCUT2D eigenvalue weighted by molar-refractivity contribution is -0.121. The number of para-hydroxylation sites is 1. The molecule has 0 aliphatic heterocycles. The molecule has 8 heteroatoms. The van der Waals surface area contributed by atoms with E-state index in [0.29, 0.717) is 22.3 Å². The number of aromatic nitrogens is 1. The van der Waals surface area contributed by atoms with E-state index in [1.54, 1.807) is 34.1 Å². The van der Waals surface area contributed by atoms with E-state index >= 15 is 0 Å². The van der Waals surface area contributed by atoms with Gasteiger partial charge in [-0.2, -0.15) is 5.10 Å². The van der Waals surface area contributed by atoms with Crippen LogP contribution in [0.4, 0.5) is 5.13 Å². The first-order valence-electron chi connectivity index (χ1n) is 8.70. The number of fused-ring (bicyclic) bond motifs is 1. The molecule has 0 spiro atoms. The number of amides is 1. The second-order valence-electron chi connectivity index (χ2n) is 6.09. The number of ether oxygens (including phenoxy) is 2. The monoisotopic (exact) mass is 398 g/mol. The molecule has 28 heavy (non-hydrogen) atoms. The standard InChI is InChI=1S/C20H22N4O3S/c1-12(15-10-9-14(26-3)11-17(15)27-4)23-24-19(25)13(2)21-20-22-16-7-5-6-8-18(16)28-20/h5-11,13H,1-4H3,(H,21,22)(H,24,25)/b23-12-/t13-/m1/s1. The number of nitrogens with one attached hydrogen (secondary N) is 2. The van der Waals surface area contributed by atoms with Crippen LogP contribution < -0.4 is 20.2 Å². The lowest BCUT2D eigenvalue weighted by Crippen LogP contribution is -2.35. The molecule has 2 aromatic carbocycles. The number of hydrogen-bond donors (Lipinski definition) is 2. The summed E-state index contributed by atoms with van der Waals surface area (Å²) in [6.07, 6.45) is 0. The molecule has 0 unspecified atom stereocenters. The molecule has 146 valence electrons. The van der Waals surface area contributed by atoms with Crippen molar-refractivity contribution in [2.75, 3.05) is 19.5 Å². The van der Waals surface area contributed by atoms with Crippen molar-refractivity contribution in [2.45, 2.75) is 19.9 Å². The smallest absolute Gasteiger partial charge is 0.262 e. The molecule has 1 aromatic heterocycles. The van der Waals surface area contributed by atoms with E-state index in [4.69, 9.17) is 9.47 Å². The number of benzene rings is 2. The topological polar surface area (TPSA) is 84.8 Å². The summed E-state index contributed by atoms with van der Waals surface area (Å²) in [5.41, 5.74) is 4.90. The lowest BCUT2D eigenvalue weighted by atomic mass is 10.1. The molecule has 0 saturated carbocycles. The Morgan fingerprint density at radius 3 is 2.68 bits per heavy atom. The summed E-state index contributed by atoms with van der Waals surface area (Å²) in [4.78, 5) is 16.9. The Balaban J connectivity index is 1.66. The molecule has 1 atom stereocenters. The predicted molar refractivity (Wildman–Crippen MR) is 113 cm³/mol. The Morgan fingerprint density at radius 1 is 1.18 bits per heavy atom. The van der Waals surface area contributed by atoms with E-state index in [-0.39, 0.29) is 5.91 Å². The number of carbonyl (C=O) groups is 1. The van der Waals surface area contributed by atoms with Gasteiger partial charge in [-0.25, -0.2) is 10.4 Å². The van der Waals surface area contributed by atoms with Gasteiger partial charge >= 0.3 is 0 Å². The minimum Gasteiger partial charge on any atom is -0.497 e. The molecule has 1 amide bonds. The van der Waals surface area contributed by atoms with E-state index in [1.165, 1.54) is 11.3 Å². The highest BCUT2D eigenvalue weighted by molar-refractivity contribution is 7.22. The van der Waals surface area contributed by atoms with Crippen molar-refractivity contribution in [3.8, 4) is 11.5 Å². The van der Waals surface area contributed by atoms with E-state index in [1.807, 2.05) is 36.4 Å². The van der Waals surface area contributed by atoms with Crippen LogP contribution in [0.3, 0.4) is 0 Å². The normalized spacial score (nSPS) is 12.5. The third-order valence-corrected chi connectivity index (χ3v) is 5.13. The van der Waals surface area contributed by atoms with Gasteiger partial charge in [0.2, 0.25) is 0 Å². The van der Waals surface area contributed by atoms with E-state index in [0.717, 1.165) is 15.8 Å². The van der Waals surface area contributed by atoms with Crippen LogP contribution in [0.1, 0.15) is 19.4 Å². The minimum absolute atomic E-state index is 0.258. The maximum atomic E-state index is 12.4. The predicted octanol–water partition coefficient (Wildman–Crippen LogP) is 3.65. The molecule has 3 aromatic rings.